The standard InChI is InChI=1S/C17H19ClN2O4S/c1-12-4-5-13(18)10-16(12)19-17(21)9-8-14-6-7-15(24-14)11-20(2)25(3,22)23/h4-10H,11H2,1-3H3,(H,19,21)/b9-8+. The Morgan fingerprint density at radius 3 is 2.72 bits per heavy atom. The molecule has 2 rings (SSSR count). The van der Waals surface area contributed by atoms with E-state index in [0.717, 1.165) is 11.8 Å². The third-order valence-electron chi connectivity index (χ3n) is 3.48. The average molecular weight is 383 g/mol. The van der Waals surface area contributed by atoms with E-state index >= 15 is 0 Å². The summed E-state index contributed by atoms with van der Waals surface area (Å²) in [6.45, 7) is 1.99. The first-order valence-corrected chi connectivity index (χ1v) is 9.63. The van der Waals surface area contributed by atoms with Crippen LogP contribution in [0.1, 0.15) is 17.1 Å². The van der Waals surface area contributed by atoms with Crippen LogP contribution in [-0.2, 0) is 21.4 Å². The normalized spacial score (nSPS) is 12.0. The fraction of sp³-hybridized carbons (Fsp3) is 0.235. The van der Waals surface area contributed by atoms with Crippen LogP contribution in [0.2, 0.25) is 5.02 Å². The van der Waals surface area contributed by atoms with Gasteiger partial charge in [-0.2, -0.15) is 4.31 Å². The molecular formula is C17H19ClN2O4S. The van der Waals surface area contributed by atoms with E-state index in [1.807, 2.05) is 13.0 Å². The van der Waals surface area contributed by atoms with Crippen molar-refractivity contribution in [1.82, 2.24) is 4.31 Å². The molecule has 2 aromatic rings. The topological polar surface area (TPSA) is 79.6 Å². The van der Waals surface area contributed by atoms with Gasteiger partial charge >= 0.3 is 0 Å². The number of halogens is 1. The first kappa shape index (κ1) is 19.2. The number of carbonyl (C=O) groups is 1. The zero-order valence-electron chi connectivity index (χ0n) is 14.1. The molecular weight excluding hydrogens is 364 g/mol. The van der Waals surface area contributed by atoms with Gasteiger partial charge in [-0.25, -0.2) is 8.42 Å². The van der Waals surface area contributed by atoms with Crippen LogP contribution < -0.4 is 5.32 Å². The van der Waals surface area contributed by atoms with Gasteiger partial charge < -0.3 is 9.73 Å². The van der Waals surface area contributed by atoms with E-state index in [9.17, 15) is 13.2 Å². The summed E-state index contributed by atoms with van der Waals surface area (Å²) in [5.74, 6) is 0.616. The molecule has 0 radical (unpaired) electrons. The van der Waals surface area contributed by atoms with Crippen molar-refractivity contribution in [3.8, 4) is 0 Å². The van der Waals surface area contributed by atoms with Crippen molar-refractivity contribution >= 4 is 39.3 Å². The maximum Gasteiger partial charge on any atom is 0.248 e. The fourth-order valence-electron chi connectivity index (χ4n) is 1.97. The van der Waals surface area contributed by atoms with E-state index in [1.165, 1.54) is 23.5 Å². The monoisotopic (exact) mass is 382 g/mol. The SMILES string of the molecule is Cc1ccc(Cl)cc1NC(=O)/C=C/c1ccc(CN(C)S(C)(=O)=O)o1. The molecule has 6 nitrogen and oxygen atoms in total. The minimum atomic E-state index is -3.28. The Bertz CT molecular complexity index is 903. The van der Waals surface area contributed by atoms with Crippen LogP contribution >= 0.6 is 11.6 Å². The molecule has 0 aliphatic rings. The number of nitrogens with one attached hydrogen (secondary N) is 1. The van der Waals surface area contributed by atoms with Crippen molar-refractivity contribution in [3.05, 3.63) is 58.5 Å². The third kappa shape index (κ3) is 5.74. The first-order chi connectivity index (χ1) is 11.6. The Hall–Kier alpha value is -2.09. The van der Waals surface area contributed by atoms with E-state index in [1.54, 1.807) is 24.3 Å². The highest BCUT2D eigenvalue weighted by Crippen LogP contribution is 2.20. The lowest BCUT2D eigenvalue weighted by Gasteiger charge is -2.11. The van der Waals surface area contributed by atoms with Crippen LogP contribution in [-0.4, -0.2) is 31.9 Å². The average Bonchev–Trinajstić information content (AvgIpc) is 2.95. The van der Waals surface area contributed by atoms with E-state index in [-0.39, 0.29) is 12.5 Å². The number of rotatable bonds is 6. The van der Waals surface area contributed by atoms with Gasteiger partial charge in [-0.05, 0) is 42.8 Å². The molecule has 0 fully saturated rings. The fourth-order valence-corrected chi connectivity index (χ4v) is 2.50. The molecule has 0 atom stereocenters. The summed E-state index contributed by atoms with van der Waals surface area (Å²) in [5, 5.41) is 3.28. The smallest absolute Gasteiger partial charge is 0.248 e. The van der Waals surface area contributed by atoms with E-state index in [2.05, 4.69) is 5.32 Å². The molecule has 1 amide bonds. The van der Waals surface area contributed by atoms with Crippen molar-refractivity contribution < 1.29 is 17.6 Å². The Morgan fingerprint density at radius 2 is 2.04 bits per heavy atom. The molecule has 1 aromatic heterocycles. The number of nitrogens with zero attached hydrogens (tertiary/aromatic N) is 1. The molecule has 8 heteroatoms. The summed E-state index contributed by atoms with van der Waals surface area (Å²) in [4.78, 5) is 12.0. The minimum absolute atomic E-state index is 0.126. The summed E-state index contributed by atoms with van der Waals surface area (Å²) in [7, 11) is -1.81. The Balaban J connectivity index is 2.00. The Labute approximate surface area is 152 Å². The van der Waals surface area contributed by atoms with Crippen LogP contribution in [0, 0.1) is 6.92 Å². The van der Waals surface area contributed by atoms with E-state index < -0.39 is 10.0 Å². The molecule has 0 unspecified atom stereocenters. The van der Waals surface area contributed by atoms with Gasteiger partial charge in [0, 0.05) is 23.8 Å². The number of aryl methyl sites for hydroxylation is 1. The molecule has 0 saturated heterocycles. The number of anilines is 1. The maximum atomic E-state index is 12.0. The molecule has 1 N–H and O–H groups in total. The van der Waals surface area contributed by atoms with E-state index in [0.29, 0.717) is 22.2 Å². The largest absolute Gasteiger partial charge is 0.460 e. The second-order valence-electron chi connectivity index (χ2n) is 5.60. The van der Waals surface area contributed by atoms with Crippen molar-refractivity contribution in [2.75, 3.05) is 18.6 Å². The molecule has 25 heavy (non-hydrogen) atoms. The van der Waals surface area contributed by atoms with Crippen LogP contribution in [0.4, 0.5) is 5.69 Å². The summed E-state index contributed by atoms with van der Waals surface area (Å²) >= 11 is 5.92. The third-order valence-corrected chi connectivity index (χ3v) is 4.98. The van der Waals surface area contributed by atoms with Gasteiger partial charge in [0.25, 0.3) is 0 Å². The quantitative estimate of drug-likeness (QED) is 0.777. The zero-order chi connectivity index (χ0) is 18.6. The predicted octanol–water partition coefficient (Wildman–Crippen LogP) is 3.28. The molecule has 0 bridgehead atoms. The van der Waals surface area contributed by atoms with Gasteiger partial charge in [0.15, 0.2) is 0 Å². The van der Waals surface area contributed by atoms with Crippen molar-refractivity contribution in [1.29, 1.82) is 0 Å². The highest BCUT2D eigenvalue weighted by atomic mass is 35.5. The number of furan rings is 1. The van der Waals surface area contributed by atoms with Crippen molar-refractivity contribution in [2.45, 2.75) is 13.5 Å². The lowest BCUT2D eigenvalue weighted by Crippen LogP contribution is -2.24. The number of hydrogen-bond donors (Lipinski definition) is 1. The Kier molecular flexibility index (Phi) is 6.05. The molecule has 134 valence electrons. The predicted molar refractivity (Wildman–Crippen MR) is 98.9 cm³/mol. The summed E-state index contributed by atoms with van der Waals surface area (Å²) in [6.07, 6.45) is 3.97. The zero-order valence-corrected chi connectivity index (χ0v) is 15.7. The number of sulfonamides is 1. The van der Waals surface area contributed by atoms with Crippen LogP contribution in [0.25, 0.3) is 6.08 Å². The molecule has 1 aromatic carbocycles. The molecule has 0 spiro atoms. The van der Waals surface area contributed by atoms with Gasteiger partial charge in [0.1, 0.15) is 11.5 Å². The maximum absolute atomic E-state index is 12.0. The summed E-state index contributed by atoms with van der Waals surface area (Å²) in [5.41, 5.74) is 1.53. The van der Waals surface area contributed by atoms with Gasteiger partial charge in [-0.15, -0.1) is 0 Å². The van der Waals surface area contributed by atoms with Gasteiger partial charge in [0.05, 0.1) is 12.8 Å². The van der Waals surface area contributed by atoms with Gasteiger partial charge in [-0.1, -0.05) is 17.7 Å². The second kappa shape index (κ2) is 7.86. The van der Waals surface area contributed by atoms with Crippen LogP contribution in [0.3, 0.4) is 0 Å². The lowest BCUT2D eigenvalue weighted by atomic mass is 10.2. The van der Waals surface area contributed by atoms with Gasteiger partial charge in [0.2, 0.25) is 15.9 Å². The van der Waals surface area contributed by atoms with Crippen molar-refractivity contribution in [2.24, 2.45) is 0 Å². The van der Waals surface area contributed by atoms with Crippen LogP contribution in [0.15, 0.2) is 40.8 Å². The summed E-state index contributed by atoms with van der Waals surface area (Å²) < 4.78 is 29.5. The number of carbonyl (C=O) groups excluding carboxylic acids is 1. The second-order valence-corrected chi connectivity index (χ2v) is 8.13. The first-order valence-electron chi connectivity index (χ1n) is 7.40. The van der Waals surface area contributed by atoms with Gasteiger partial charge in [-0.3, -0.25) is 4.79 Å². The lowest BCUT2D eigenvalue weighted by molar-refractivity contribution is -0.111. The highest BCUT2D eigenvalue weighted by molar-refractivity contribution is 7.88. The molecule has 0 saturated carbocycles. The Morgan fingerprint density at radius 1 is 1.32 bits per heavy atom. The summed E-state index contributed by atoms with van der Waals surface area (Å²) in [6, 6.07) is 8.58. The molecule has 0 aliphatic carbocycles. The molecule has 1 heterocycles. The number of benzene rings is 1. The van der Waals surface area contributed by atoms with Crippen molar-refractivity contribution in [3.63, 3.8) is 0 Å². The number of hydrogen-bond acceptors (Lipinski definition) is 4. The molecule has 0 aliphatic heterocycles. The van der Waals surface area contributed by atoms with E-state index in [4.69, 9.17) is 16.0 Å². The minimum Gasteiger partial charge on any atom is -0.460 e. The highest BCUT2D eigenvalue weighted by Gasteiger charge is 2.13. The number of amides is 1. The van der Waals surface area contributed by atoms with Crippen LogP contribution in [0.5, 0.6) is 0 Å².